The third-order valence-electron chi connectivity index (χ3n) is 2.32. The SMILES string of the molecule is Clc1ccc(CC/C=C\n2ccnc2)cc1. The summed E-state index contributed by atoms with van der Waals surface area (Å²) in [5, 5.41) is 0.790. The predicted molar refractivity (Wildman–Crippen MR) is 67.3 cm³/mol. The number of allylic oxidation sites excluding steroid dienone is 1. The highest BCUT2D eigenvalue weighted by molar-refractivity contribution is 6.30. The lowest BCUT2D eigenvalue weighted by Gasteiger charge is -1.98. The molecule has 0 fully saturated rings. The van der Waals surface area contributed by atoms with E-state index in [0.717, 1.165) is 17.9 Å². The fourth-order valence-corrected chi connectivity index (χ4v) is 1.58. The minimum Gasteiger partial charge on any atom is -0.313 e. The Bertz CT molecular complexity index is 443. The molecule has 0 amide bonds. The Morgan fingerprint density at radius 2 is 2.06 bits per heavy atom. The monoisotopic (exact) mass is 232 g/mol. The van der Waals surface area contributed by atoms with Crippen LogP contribution in [-0.4, -0.2) is 9.55 Å². The molecule has 1 aromatic carbocycles. The third kappa shape index (κ3) is 3.24. The van der Waals surface area contributed by atoms with Gasteiger partial charge in [0.25, 0.3) is 0 Å². The van der Waals surface area contributed by atoms with Crippen LogP contribution in [0.25, 0.3) is 6.20 Å². The van der Waals surface area contributed by atoms with Crippen molar-refractivity contribution in [2.45, 2.75) is 12.8 Å². The maximum Gasteiger partial charge on any atom is 0.0986 e. The Morgan fingerprint density at radius 3 is 2.75 bits per heavy atom. The number of imidazole rings is 1. The Kier molecular flexibility index (Phi) is 3.78. The number of hydrogen-bond donors (Lipinski definition) is 0. The van der Waals surface area contributed by atoms with Crippen LogP contribution in [-0.2, 0) is 6.42 Å². The zero-order valence-electron chi connectivity index (χ0n) is 8.88. The first-order chi connectivity index (χ1) is 7.84. The number of rotatable bonds is 4. The van der Waals surface area contributed by atoms with E-state index in [4.69, 9.17) is 11.6 Å². The van der Waals surface area contributed by atoms with Crippen molar-refractivity contribution in [3.63, 3.8) is 0 Å². The summed E-state index contributed by atoms with van der Waals surface area (Å²) >= 11 is 5.82. The molecule has 0 saturated carbocycles. The summed E-state index contributed by atoms with van der Waals surface area (Å²) in [6.45, 7) is 0. The van der Waals surface area contributed by atoms with E-state index in [9.17, 15) is 0 Å². The van der Waals surface area contributed by atoms with E-state index in [1.54, 1.807) is 12.5 Å². The lowest BCUT2D eigenvalue weighted by atomic mass is 10.1. The number of aryl methyl sites for hydroxylation is 1. The third-order valence-corrected chi connectivity index (χ3v) is 2.57. The van der Waals surface area contributed by atoms with Gasteiger partial charge in [-0.3, -0.25) is 0 Å². The normalized spacial score (nSPS) is 11.1. The van der Waals surface area contributed by atoms with E-state index >= 15 is 0 Å². The lowest BCUT2D eigenvalue weighted by Crippen LogP contribution is -1.83. The zero-order valence-corrected chi connectivity index (χ0v) is 9.64. The van der Waals surface area contributed by atoms with E-state index < -0.39 is 0 Å². The summed E-state index contributed by atoms with van der Waals surface area (Å²) in [5.41, 5.74) is 1.31. The van der Waals surface area contributed by atoms with Crippen LogP contribution in [0.4, 0.5) is 0 Å². The van der Waals surface area contributed by atoms with Crippen LogP contribution in [0.3, 0.4) is 0 Å². The van der Waals surface area contributed by atoms with Crippen LogP contribution >= 0.6 is 11.6 Å². The van der Waals surface area contributed by atoms with Crippen LogP contribution in [0.5, 0.6) is 0 Å². The summed E-state index contributed by atoms with van der Waals surface area (Å²) in [6, 6.07) is 7.98. The fraction of sp³-hybridized carbons (Fsp3) is 0.154. The smallest absolute Gasteiger partial charge is 0.0986 e. The first-order valence-corrected chi connectivity index (χ1v) is 5.61. The van der Waals surface area contributed by atoms with Crippen molar-refractivity contribution in [3.8, 4) is 0 Å². The van der Waals surface area contributed by atoms with Gasteiger partial charge in [0.1, 0.15) is 0 Å². The van der Waals surface area contributed by atoms with E-state index in [-0.39, 0.29) is 0 Å². The number of nitrogens with zero attached hydrogens (tertiary/aromatic N) is 2. The highest BCUT2D eigenvalue weighted by atomic mass is 35.5. The minimum atomic E-state index is 0.790. The van der Waals surface area contributed by atoms with Gasteiger partial charge in [0, 0.05) is 23.6 Å². The van der Waals surface area contributed by atoms with Gasteiger partial charge in [-0.05, 0) is 30.5 Å². The molecule has 0 atom stereocenters. The number of aromatic nitrogens is 2. The largest absolute Gasteiger partial charge is 0.313 e. The molecule has 0 spiro atoms. The number of hydrogen-bond acceptors (Lipinski definition) is 1. The van der Waals surface area contributed by atoms with Gasteiger partial charge in [0.05, 0.1) is 6.33 Å². The molecule has 16 heavy (non-hydrogen) atoms. The molecule has 3 heteroatoms. The van der Waals surface area contributed by atoms with E-state index in [1.165, 1.54) is 5.56 Å². The first-order valence-electron chi connectivity index (χ1n) is 5.23. The molecule has 0 aliphatic rings. The maximum atomic E-state index is 5.82. The van der Waals surface area contributed by atoms with E-state index in [0.29, 0.717) is 0 Å². The topological polar surface area (TPSA) is 17.8 Å². The van der Waals surface area contributed by atoms with Gasteiger partial charge < -0.3 is 4.57 Å². The number of benzene rings is 1. The van der Waals surface area contributed by atoms with E-state index in [2.05, 4.69) is 23.2 Å². The van der Waals surface area contributed by atoms with Crippen molar-refractivity contribution in [1.82, 2.24) is 9.55 Å². The molecule has 0 N–H and O–H groups in total. The lowest BCUT2D eigenvalue weighted by molar-refractivity contribution is 0.995. The van der Waals surface area contributed by atoms with Crippen LogP contribution in [0.1, 0.15) is 12.0 Å². The molecule has 0 aliphatic carbocycles. The van der Waals surface area contributed by atoms with Gasteiger partial charge in [-0.1, -0.05) is 29.8 Å². The molecule has 82 valence electrons. The van der Waals surface area contributed by atoms with Crippen LogP contribution in [0.2, 0.25) is 5.02 Å². The van der Waals surface area contributed by atoms with Crippen LogP contribution < -0.4 is 0 Å². The summed E-state index contributed by atoms with van der Waals surface area (Å²) in [4.78, 5) is 3.97. The molecular weight excluding hydrogens is 220 g/mol. The molecule has 0 aliphatic heterocycles. The van der Waals surface area contributed by atoms with Crippen molar-refractivity contribution < 1.29 is 0 Å². The first kappa shape index (κ1) is 11.0. The minimum absolute atomic E-state index is 0.790. The molecule has 0 unspecified atom stereocenters. The fourth-order valence-electron chi connectivity index (χ4n) is 1.45. The molecule has 1 heterocycles. The molecule has 2 nitrogen and oxygen atoms in total. The Labute approximate surface area is 100 Å². The zero-order chi connectivity index (χ0) is 11.2. The number of halogens is 1. The quantitative estimate of drug-likeness (QED) is 0.787. The van der Waals surface area contributed by atoms with Gasteiger partial charge in [-0.25, -0.2) is 4.98 Å². The van der Waals surface area contributed by atoms with Gasteiger partial charge in [-0.2, -0.15) is 0 Å². The standard InChI is InChI=1S/C13H13ClN2/c14-13-6-4-12(5-7-13)3-1-2-9-16-10-8-15-11-16/h2,4-11H,1,3H2/b9-2-. The maximum absolute atomic E-state index is 5.82. The van der Waals surface area contributed by atoms with Crippen molar-refractivity contribution in [2.75, 3.05) is 0 Å². The molecule has 0 radical (unpaired) electrons. The molecule has 0 bridgehead atoms. The Hall–Kier alpha value is -1.54. The van der Waals surface area contributed by atoms with Crippen molar-refractivity contribution >= 4 is 17.8 Å². The Balaban J connectivity index is 1.82. The average molecular weight is 233 g/mol. The van der Waals surface area contributed by atoms with Crippen LogP contribution in [0.15, 0.2) is 49.1 Å². The summed E-state index contributed by atoms with van der Waals surface area (Å²) < 4.78 is 1.93. The second-order valence-electron chi connectivity index (χ2n) is 3.56. The average Bonchev–Trinajstić information content (AvgIpc) is 2.80. The van der Waals surface area contributed by atoms with E-state index in [1.807, 2.05) is 29.1 Å². The van der Waals surface area contributed by atoms with Gasteiger partial charge in [-0.15, -0.1) is 0 Å². The van der Waals surface area contributed by atoms with Crippen molar-refractivity contribution in [3.05, 3.63) is 59.6 Å². The molecular formula is C13H13ClN2. The summed E-state index contributed by atoms with van der Waals surface area (Å²) in [5.74, 6) is 0. The molecule has 2 rings (SSSR count). The highest BCUT2D eigenvalue weighted by Gasteiger charge is 1.91. The summed E-state index contributed by atoms with van der Waals surface area (Å²) in [6.07, 6.45) is 11.7. The van der Waals surface area contributed by atoms with Crippen molar-refractivity contribution in [1.29, 1.82) is 0 Å². The van der Waals surface area contributed by atoms with Crippen LogP contribution in [0, 0.1) is 0 Å². The van der Waals surface area contributed by atoms with Crippen molar-refractivity contribution in [2.24, 2.45) is 0 Å². The highest BCUT2D eigenvalue weighted by Crippen LogP contribution is 2.11. The molecule has 2 aromatic rings. The summed E-state index contributed by atoms with van der Waals surface area (Å²) in [7, 11) is 0. The molecule has 0 saturated heterocycles. The second kappa shape index (κ2) is 5.52. The Morgan fingerprint density at radius 1 is 1.25 bits per heavy atom. The molecule has 1 aromatic heterocycles. The second-order valence-corrected chi connectivity index (χ2v) is 4.00. The van der Waals surface area contributed by atoms with Gasteiger partial charge in [0.2, 0.25) is 0 Å². The van der Waals surface area contributed by atoms with Gasteiger partial charge in [0.15, 0.2) is 0 Å². The predicted octanol–water partition coefficient (Wildman–Crippen LogP) is 3.64. The van der Waals surface area contributed by atoms with Gasteiger partial charge >= 0.3 is 0 Å².